The Morgan fingerprint density at radius 2 is 1.87 bits per heavy atom. The highest BCUT2D eigenvalue weighted by Gasteiger charge is 2.32. The van der Waals surface area contributed by atoms with Crippen molar-refractivity contribution in [3.8, 4) is 0 Å². The first-order valence-electron chi connectivity index (χ1n) is 9.56. The summed E-state index contributed by atoms with van der Waals surface area (Å²) in [4.78, 5) is 25.8. The average molecular weight is 432 g/mol. The Morgan fingerprint density at radius 3 is 2.47 bits per heavy atom. The second-order valence-electron chi connectivity index (χ2n) is 7.21. The molecule has 3 rings (SSSR count). The molecule has 0 radical (unpaired) electrons. The highest BCUT2D eigenvalue weighted by atomic mass is 32.2. The molecule has 1 N–H and O–H groups in total. The summed E-state index contributed by atoms with van der Waals surface area (Å²) >= 11 is 0. The molecule has 0 spiro atoms. The van der Waals surface area contributed by atoms with Gasteiger partial charge in [0.2, 0.25) is 10.0 Å². The number of hydrogen-bond acceptors (Lipinski definition) is 5. The van der Waals surface area contributed by atoms with E-state index in [4.69, 9.17) is 4.74 Å². The fraction of sp³-hybridized carbons (Fsp3) is 0.333. The molecule has 1 unspecified atom stereocenters. The number of rotatable bonds is 5. The van der Waals surface area contributed by atoms with E-state index < -0.39 is 16.1 Å². The third-order valence-electron chi connectivity index (χ3n) is 4.91. The van der Waals surface area contributed by atoms with Gasteiger partial charge in [-0.25, -0.2) is 13.2 Å². The van der Waals surface area contributed by atoms with Crippen molar-refractivity contribution < 1.29 is 22.7 Å². The Kier molecular flexibility index (Phi) is 6.02. The van der Waals surface area contributed by atoms with E-state index in [1.165, 1.54) is 15.5 Å². The third kappa shape index (κ3) is 4.40. The van der Waals surface area contributed by atoms with E-state index in [2.05, 4.69) is 5.32 Å². The SMILES string of the molecule is CCOC(=O)N(C)c1ccc(NC(=O)c2ccc3c(c2)CC(C)N3S(C)(=O)=O)cc1. The number of ether oxygens (including phenoxy) is 1. The molecule has 8 nitrogen and oxygen atoms in total. The molecule has 160 valence electrons. The zero-order valence-corrected chi connectivity index (χ0v) is 18.2. The summed E-state index contributed by atoms with van der Waals surface area (Å²) in [5.74, 6) is -0.297. The van der Waals surface area contributed by atoms with Gasteiger partial charge in [0.15, 0.2) is 0 Å². The fourth-order valence-electron chi connectivity index (χ4n) is 3.55. The van der Waals surface area contributed by atoms with E-state index in [1.54, 1.807) is 56.4 Å². The molecule has 0 saturated carbocycles. The number of fused-ring (bicyclic) bond motifs is 1. The molecule has 0 bridgehead atoms. The molecule has 9 heteroatoms. The van der Waals surface area contributed by atoms with Crippen LogP contribution in [0.1, 0.15) is 29.8 Å². The number of nitrogens with one attached hydrogen (secondary N) is 1. The lowest BCUT2D eigenvalue weighted by molar-refractivity contribution is 0.102. The molecule has 1 atom stereocenters. The summed E-state index contributed by atoms with van der Waals surface area (Å²) in [6.07, 6.45) is 1.28. The maximum absolute atomic E-state index is 12.7. The topological polar surface area (TPSA) is 96.0 Å². The summed E-state index contributed by atoms with van der Waals surface area (Å²) in [7, 11) is -1.76. The van der Waals surface area contributed by atoms with Gasteiger partial charge in [-0.15, -0.1) is 0 Å². The van der Waals surface area contributed by atoms with Crippen LogP contribution in [-0.4, -0.2) is 46.4 Å². The summed E-state index contributed by atoms with van der Waals surface area (Å²) in [6.45, 7) is 3.87. The first-order valence-corrected chi connectivity index (χ1v) is 11.4. The van der Waals surface area contributed by atoms with Gasteiger partial charge in [-0.3, -0.25) is 14.0 Å². The van der Waals surface area contributed by atoms with E-state index in [-0.39, 0.29) is 11.9 Å². The molecule has 2 aromatic rings. The molecule has 0 aromatic heterocycles. The van der Waals surface area contributed by atoms with Crippen LogP contribution >= 0.6 is 0 Å². The van der Waals surface area contributed by atoms with Crippen molar-refractivity contribution in [2.45, 2.75) is 26.3 Å². The van der Waals surface area contributed by atoms with Gasteiger partial charge < -0.3 is 10.1 Å². The van der Waals surface area contributed by atoms with E-state index >= 15 is 0 Å². The maximum atomic E-state index is 12.7. The van der Waals surface area contributed by atoms with Crippen LogP contribution in [0.4, 0.5) is 21.9 Å². The molecule has 2 amide bonds. The number of sulfonamides is 1. The van der Waals surface area contributed by atoms with Crippen molar-refractivity contribution >= 4 is 39.1 Å². The smallest absolute Gasteiger partial charge is 0.413 e. The number of benzene rings is 2. The van der Waals surface area contributed by atoms with Gasteiger partial charge in [0, 0.05) is 30.0 Å². The van der Waals surface area contributed by atoms with Crippen LogP contribution in [0.15, 0.2) is 42.5 Å². The van der Waals surface area contributed by atoms with Crippen molar-refractivity contribution in [2.75, 3.05) is 34.4 Å². The minimum atomic E-state index is -3.37. The maximum Gasteiger partial charge on any atom is 0.413 e. The van der Waals surface area contributed by atoms with Crippen LogP contribution in [-0.2, 0) is 21.2 Å². The monoisotopic (exact) mass is 431 g/mol. The number of anilines is 3. The molecule has 1 aliphatic heterocycles. The average Bonchev–Trinajstić information content (AvgIpc) is 3.03. The summed E-state index contributed by atoms with van der Waals surface area (Å²) < 4.78 is 30.4. The quantitative estimate of drug-likeness (QED) is 0.784. The van der Waals surface area contributed by atoms with E-state index in [0.717, 1.165) is 5.56 Å². The number of hydrogen-bond donors (Lipinski definition) is 1. The van der Waals surface area contributed by atoms with Crippen LogP contribution in [0, 0.1) is 0 Å². The van der Waals surface area contributed by atoms with Crippen LogP contribution in [0.3, 0.4) is 0 Å². The second kappa shape index (κ2) is 8.35. The molecule has 1 aliphatic rings. The first kappa shape index (κ1) is 21.6. The Labute approximate surface area is 176 Å². The van der Waals surface area contributed by atoms with E-state index in [0.29, 0.717) is 35.7 Å². The predicted molar refractivity (Wildman–Crippen MR) is 117 cm³/mol. The van der Waals surface area contributed by atoms with Gasteiger partial charge >= 0.3 is 6.09 Å². The molecule has 0 saturated heterocycles. The van der Waals surface area contributed by atoms with Crippen molar-refractivity contribution in [3.05, 3.63) is 53.6 Å². The van der Waals surface area contributed by atoms with Crippen molar-refractivity contribution in [1.82, 2.24) is 0 Å². The van der Waals surface area contributed by atoms with E-state index in [9.17, 15) is 18.0 Å². The number of amides is 2. The molecule has 2 aromatic carbocycles. The van der Waals surface area contributed by atoms with Gasteiger partial charge in [0.25, 0.3) is 5.91 Å². The lowest BCUT2D eigenvalue weighted by Gasteiger charge is -2.21. The standard InChI is InChI=1S/C21H25N3O5S/c1-5-29-21(26)23(3)18-9-7-17(8-10-18)22-20(25)15-6-11-19-16(13-15)12-14(2)24(19)30(4,27)28/h6-11,13-14H,5,12H2,1-4H3,(H,22,25). The highest BCUT2D eigenvalue weighted by molar-refractivity contribution is 7.92. The lowest BCUT2D eigenvalue weighted by atomic mass is 10.1. The van der Waals surface area contributed by atoms with Crippen LogP contribution in [0.2, 0.25) is 0 Å². The van der Waals surface area contributed by atoms with Gasteiger partial charge in [-0.05, 0) is 68.3 Å². The minimum Gasteiger partial charge on any atom is -0.449 e. The normalized spacial score (nSPS) is 15.5. The Balaban J connectivity index is 1.73. The lowest BCUT2D eigenvalue weighted by Crippen LogP contribution is -2.34. The van der Waals surface area contributed by atoms with E-state index in [1.807, 2.05) is 6.92 Å². The molecule has 0 fully saturated rings. The number of nitrogens with zero attached hydrogens (tertiary/aromatic N) is 2. The van der Waals surface area contributed by atoms with Gasteiger partial charge in [-0.2, -0.15) is 0 Å². The van der Waals surface area contributed by atoms with Crippen molar-refractivity contribution in [1.29, 1.82) is 0 Å². The molecular weight excluding hydrogens is 406 g/mol. The predicted octanol–water partition coefficient (Wildman–Crippen LogP) is 3.24. The van der Waals surface area contributed by atoms with Crippen molar-refractivity contribution in [3.63, 3.8) is 0 Å². The zero-order chi connectivity index (χ0) is 22.1. The van der Waals surface area contributed by atoms with Crippen LogP contribution < -0.4 is 14.5 Å². The van der Waals surface area contributed by atoms with Crippen LogP contribution in [0.25, 0.3) is 0 Å². The zero-order valence-electron chi connectivity index (χ0n) is 17.4. The first-order chi connectivity index (χ1) is 14.1. The summed E-state index contributed by atoms with van der Waals surface area (Å²) in [6, 6.07) is 11.7. The Morgan fingerprint density at radius 1 is 1.20 bits per heavy atom. The molecule has 1 heterocycles. The third-order valence-corrected chi connectivity index (χ3v) is 6.18. The van der Waals surface area contributed by atoms with Gasteiger partial charge in [0.05, 0.1) is 18.6 Å². The minimum absolute atomic E-state index is 0.183. The number of carbonyl (C=O) groups is 2. The van der Waals surface area contributed by atoms with Crippen LogP contribution in [0.5, 0.6) is 0 Å². The number of carbonyl (C=O) groups excluding carboxylic acids is 2. The second-order valence-corrected chi connectivity index (χ2v) is 9.07. The molecule has 0 aliphatic carbocycles. The Bertz CT molecular complexity index is 1070. The Hall–Kier alpha value is -3.07. The van der Waals surface area contributed by atoms with Gasteiger partial charge in [-0.1, -0.05) is 0 Å². The molecule has 30 heavy (non-hydrogen) atoms. The largest absolute Gasteiger partial charge is 0.449 e. The highest BCUT2D eigenvalue weighted by Crippen LogP contribution is 2.34. The molecular formula is C21H25N3O5S. The van der Waals surface area contributed by atoms with Gasteiger partial charge in [0.1, 0.15) is 0 Å². The fourth-order valence-corrected chi connectivity index (χ4v) is 4.81. The van der Waals surface area contributed by atoms with Crippen molar-refractivity contribution in [2.24, 2.45) is 0 Å². The summed E-state index contributed by atoms with van der Waals surface area (Å²) in [5, 5.41) is 2.82. The summed E-state index contributed by atoms with van der Waals surface area (Å²) in [5.41, 5.74) is 3.11.